The second-order valence-electron chi connectivity index (χ2n) is 9.98. The van der Waals surface area contributed by atoms with Crippen LogP contribution in [0.1, 0.15) is 22.4 Å². The molecular weight excluding hydrogens is 530 g/mol. The molecule has 0 aliphatic rings. The fourth-order valence-electron chi connectivity index (χ4n) is 4.37. The number of pyridine rings is 1. The van der Waals surface area contributed by atoms with Crippen molar-refractivity contribution >= 4 is 29.2 Å². The lowest BCUT2D eigenvalue weighted by Crippen LogP contribution is -2.29. The maximum Gasteiger partial charge on any atom is 0.255 e. The van der Waals surface area contributed by atoms with E-state index in [-0.39, 0.29) is 11.5 Å². The van der Waals surface area contributed by atoms with E-state index in [2.05, 4.69) is 39.8 Å². The number of benzene rings is 2. The maximum atomic E-state index is 12.9. The SMILES string of the molecule is C=CC(=O)Nc1cc(NC(=C)/N=C\c2c(C)cc(=O)n(-c3cccc(C#N)c3)c2C)c(OC)cc1N(C)CCN(C)C. The van der Waals surface area contributed by atoms with Crippen LogP contribution >= 0.6 is 0 Å². The van der Waals surface area contributed by atoms with Gasteiger partial charge in [-0.05, 0) is 63.8 Å². The summed E-state index contributed by atoms with van der Waals surface area (Å²) in [5.41, 5.74) is 4.90. The highest BCUT2D eigenvalue weighted by Crippen LogP contribution is 2.37. The number of nitrogens with zero attached hydrogens (tertiary/aromatic N) is 5. The molecule has 0 radical (unpaired) electrons. The molecule has 3 rings (SSSR count). The monoisotopic (exact) mass is 567 g/mol. The number of ether oxygens (including phenoxy) is 1. The van der Waals surface area contributed by atoms with Crippen molar-refractivity contribution in [3.63, 3.8) is 0 Å². The summed E-state index contributed by atoms with van der Waals surface area (Å²) >= 11 is 0. The highest BCUT2D eigenvalue weighted by atomic mass is 16.5. The first kappa shape index (κ1) is 31.4. The third-order valence-electron chi connectivity index (χ3n) is 6.63. The van der Waals surface area contributed by atoms with Crippen molar-refractivity contribution in [1.29, 1.82) is 5.26 Å². The number of hydrogen-bond acceptors (Lipinski definition) is 8. The maximum absolute atomic E-state index is 12.9. The first-order chi connectivity index (χ1) is 20.0. The molecule has 0 bridgehead atoms. The third-order valence-corrected chi connectivity index (χ3v) is 6.63. The van der Waals surface area contributed by atoms with Crippen LogP contribution < -0.4 is 25.8 Å². The number of anilines is 3. The Bertz CT molecular complexity index is 1630. The number of rotatable bonds is 12. The van der Waals surface area contributed by atoms with Crippen LogP contribution in [0.25, 0.3) is 5.69 Å². The zero-order valence-corrected chi connectivity index (χ0v) is 25.0. The Hall–Kier alpha value is -5.14. The van der Waals surface area contributed by atoms with E-state index in [1.165, 1.54) is 12.1 Å². The van der Waals surface area contributed by atoms with Gasteiger partial charge >= 0.3 is 0 Å². The van der Waals surface area contributed by atoms with Gasteiger partial charge in [0.1, 0.15) is 11.6 Å². The van der Waals surface area contributed by atoms with E-state index in [9.17, 15) is 14.9 Å². The van der Waals surface area contributed by atoms with E-state index in [0.29, 0.717) is 39.9 Å². The second kappa shape index (κ2) is 14.0. The minimum absolute atomic E-state index is 0.205. The number of amides is 1. The Morgan fingerprint density at radius 2 is 1.86 bits per heavy atom. The van der Waals surface area contributed by atoms with E-state index in [1.54, 1.807) is 48.2 Å². The van der Waals surface area contributed by atoms with Gasteiger partial charge in [-0.3, -0.25) is 14.2 Å². The zero-order chi connectivity index (χ0) is 31.0. The van der Waals surface area contributed by atoms with Gasteiger partial charge in [0.2, 0.25) is 5.91 Å². The first-order valence-electron chi connectivity index (χ1n) is 13.2. The molecule has 0 unspecified atom stereocenters. The molecule has 218 valence electrons. The number of carbonyl (C=O) groups is 1. The second-order valence-corrected chi connectivity index (χ2v) is 9.98. The fourth-order valence-corrected chi connectivity index (χ4v) is 4.37. The summed E-state index contributed by atoms with van der Waals surface area (Å²) in [5, 5.41) is 15.3. The van der Waals surface area contributed by atoms with Crippen LogP contribution in [0.4, 0.5) is 17.1 Å². The van der Waals surface area contributed by atoms with Crippen LogP contribution in [0.3, 0.4) is 0 Å². The first-order valence-corrected chi connectivity index (χ1v) is 13.2. The minimum Gasteiger partial charge on any atom is -0.494 e. The number of hydrogen-bond donors (Lipinski definition) is 2. The van der Waals surface area contributed by atoms with Crippen LogP contribution in [-0.2, 0) is 4.79 Å². The van der Waals surface area contributed by atoms with E-state index in [0.717, 1.165) is 29.9 Å². The average molecular weight is 568 g/mol. The van der Waals surface area contributed by atoms with E-state index < -0.39 is 0 Å². The Morgan fingerprint density at radius 3 is 2.50 bits per heavy atom. The van der Waals surface area contributed by atoms with Crippen LogP contribution in [0, 0.1) is 25.2 Å². The van der Waals surface area contributed by atoms with E-state index in [1.807, 2.05) is 46.0 Å². The van der Waals surface area contributed by atoms with Crippen molar-refractivity contribution in [2.45, 2.75) is 13.8 Å². The molecule has 0 spiro atoms. The smallest absolute Gasteiger partial charge is 0.255 e. The van der Waals surface area contributed by atoms with Crippen molar-refractivity contribution in [2.75, 3.05) is 56.9 Å². The third kappa shape index (κ3) is 7.53. The number of nitriles is 1. The molecule has 0 saturated carbocycles. The van der Waals surface area contributed by atoms with Gasteiger partial charge in [-0.25, -0.2) is 4.99 Å². The van der Waals surface area contributed by atoms with Crippen LogP contribution in [0.2, 0.25) is 0 Å². The number of aryl methyl sites for hydroxylation is 1. The predicted octanol–water partition coefficient (Wildman–Crippen LogP) is 4.46. The van der Waals surface area contributed by atoms with Gasteiger partial charge in [-0.15, -0.1) is 0 Å². The number of carbonyl (C=O) groups excluding carboxylic acids is 1. The summed E-state index contributed by atoms with van der Waals surface area (Å²) in [6.07, 6.45) is 2.85. The zero-order valence-electron chi connectivity index (χ0n) is 25.0. The molecular formula is C32H37N7O3. The molecule has 0 atom stereocenters. The summed E-state index contributed by atoms with van der Waals surface area (Å²) in [6.45, 7) is 12.8. The minimum atomic E-state index is -0.341. The van der Waals surface area contributed by atoms with Crippen molar-refractivity contribution in [3.05, 3.63) is 100 Å². The summed E-state index contributed by atoms with van der Waals surface area (Å²) in [6, 6.07) is 14.1. The Labute approximate surface area is 246 Å². The quantitative estimate of drug-likeness (QED) is 0.245. The molecule has 0 saturated heterocycles. The summed E-state index contributed by atoms with van der Waals surface area (Å²) in [7, 11) is 7.50. The molecule has 10 heteroatoms. The number of aliphatic imine (C=N–C) groups is 1. The molecule has 42 heavy (non-hydrogen) atoms. The topological polar surface area (TPSA) is 115 Å². The number of methoxy groups -OCH3 is 1. The molecule has 2 aromatic carbocycles. The standard InChI is InChI=1S/C32H37N7O3/c1-9-31(40)36-27-17-28(30(42-8)18-29(27)38(7)14-13-37(5)6)35-23(4)34-20-26-21(2)15-32(41)39(22(26)3)25-12-10-11-24(16-25)19-33/h9-12,15-18,20,35H,1,4,13-14H2,2-3,5-8H3,(H,36,40)/b34-20-. The van der Waals surface area contributed by atoms with E-state index in [4.69, 9.17) is 4.74 Å². The van der Waals surface area contributed by atoms with Gasteiger partial charge in [0.25, 0.3) is 5.56 Å². The summed E-state index contributed by atoms with van der Waals surface area (Å²) in [4.78, 5) is 33.8. The van der Waals surface area contributed by atoms with Crippen LogP contribution in [0.15, 0.2) is 77.3 Å². The molecule has 1 aromatic heterocycles. The lowest BCUT2D eigenvalue weighted by molar-refractivity contribution is -0.111. The van der Waals surface area contributed by atoms with Gasteiger partial charge in [0.15, 0.2) is 0 Å². The largest absolute Gasteiger partial charge is 0.494 e. The number of likely N-dealkylation sites (N-methyl/N-ethyl adjacent to an activating group) is 2. The lowest BCUT2D eigenvalue weighted by atomic mass is 10.1. The Morgan fingerprint density at radius 1 is 1.12 bits per heavy atom. The molecule has 0 aliphatic carbocycles. The molecule has 2 N–H and O–H groups in total. The molecule has 1 amide bonds. The average Bonchev–Trinajstić information content (AvgIpc) is 2.95. The van der Waals surface area contributed by atoms with Gasteiger partial charge < -0.3 is 25.2 Å². The number of nitrogens with one attached hydrogen (secondary N) is 2. The predicted molar refractivity (Wildman–Crippen MR) is 170 cm³/mol. The molecule has 3 aromatic rings. The van der Waals surface area contributed by atoms with Crippen molar-refractivity contribution in [2.24, 2.45) is 4.99 Å². The van der Waals surface area contributed by atoms with Crippen LogP contribution in [0.5, 0.6) is 5.75 Å². The molecule has 10 nitrogen and oxygen atoms in total. The van der Waals surface area contributed by atoms with E-state index >= 15 is 0 Å². The highest BCUT2D eigenvalue weighted by molar-refractivity contribution is 6.02. The van der Waals surface area contributed by atoms with Gasteiger partial charge in [-0.2, -0.15) is 5.26 Å². The normalized spacial score (nSPS) is 10.8. The molecule has 0 fully saturated rings. The number of aromatic nitrogens is 1. The Kier molecular flexibility index (Phi) is 10.4. The van der Waals surface area contributed by atoms with Gasteiger partial charge in [0, 0.05) is 49.7 Å². The lowest BCUT2D eigenvalue weighted by Gasteiger charge is -2.26. The van der Waals surface area contributed by atoms with Gasteiger partial charge in [0.05, 0.1) is 41.5 Å². The molecule has 1 heterocycles. The summed E-state index contributed by atoms with van der Waals surface area (Å²) in [5.74, 6) is 0.505. The summed E-state index contributed by atoms with van der Waals surface area (Å²) < 4.78 is 7.21. The fraction of sp³-hybridized carbons (Fsp3) is 0.250. The van der Waals surface area contributed by atoms with Crippen LogP contribution in [-0.4, -0.2) is 62.9 Å². The van der Waals surface area contributed by atoms with Crippen molar-refractivity contribution in [3.8, 4) is 17.5 Å². The highest BCUT2D eigenvalue weighted by Gasteiger charge is 2.16. The van der Waals surface area contributed by atoms with Crippen molar-refractivity contribution in [1.82, 2.24) is 9.47 Å². The van der Waals surface area contributed by atoms with Crippen molar-refractivity contribution < 1.29 is 9.53 Å². The van der Waals surface area contributed by atoms with Gasteiger partial charge in [-0.1, -0.05) is 19.2 Å². The Balaban J connectivity index is 1.96. The molecule has 0 aliphatic heterocycles.